The Morgan fingerprint density at radius 2 is 1.91 bits per heavy atom. The largest absolute Gasteiger partial charge is 0.493 e. The Bertz CT molecular complexity index is 1420. The highest BCUT2D eigenvalue weighted by Crippen LogP contribution is 2.49. The van der Waals surface area contributed by atoms with Crippen LogP contribution in [0.5, 0.6) is 5.88 Å². The van der Waals surface area contributed by atoms with Gasteiger partial charge in [0.2, 0.25) is 5.88 Å². The van der Waals surface area contributed by atoms with E-state index in [2.05, 4.69) is 5.32 Å². The zero-order valence-corrected chi connectivity index (χ0v) is 19.4. The molecule has 5 rings (SSSR count). The lowest BCUT2D eigenvalue weighted by molar-refractivity contribution is 0.198. The Hall–Kier alpha value is -3.12. The number of fused-ring (bicyclic) bond motifs is 5. The molecule has 8 nitrogen and oxygen atoms in total. The van der Waals surface area contributed by atoms with Crippen molar-refractivity contribution in [3.8, 4) is 17.6 Å². The van der Waals surface area contributed by atoms with Crippen molar-refractivity contribution < 1.29 is 9.90 Å². The van der Waals surface area contributed by atoms with Crippen LogP contribution in [0.25, 0.3) is 5.69 Å². The maximum Gasteiger partial charge on any atom is 0.336 e. The standard InChI is InChI=1S/C22H16Cl3N5O3/c1-10-16(3-2-11(8-26)18(10)25)30-20(31)19-17-7-15(29(19)22(30)33)9-28(17)21(32)27-14-5-12(23)4-13(24)6-14/h2-6,15,17,31H,7,9H2,1H3,(H,27,32). The highest BCUT2D eigenvalue weighted by atomic mass is 35.5. The molecule has 1 saturated heterocycles. The Morgan fingerprint density at radius 3 is 2.58 bits per heavy atom. The quantitative estimate of drug-likeness (QED) is 0.511. The van der Waals surface area contributed by atoms with Crippen LogP contribution in [0.3, 0.4) is 0 Å². The van der Waals surface area contributed by atoms with Gasteiger partial charge in [0.25, 0.3) is 0 Å². The van der Waals surface area contributed by atoms with E-state index in [-0.39, 0.29) is 28.5 Å². The fourth-order valence-electron chi connectivity index (χ4n) is 4.71. The molecule has 1 aromatic heterocycles. The number of nitrogens with one attached hydrogen (secondary N) is 1. The first-order chi connectivity index (χ1) is 15.7. The minimum atomic E-state index is -0.479. The molecule has 33 heavy (non-hydrogen) atoms. The number of halogens is 3. The van der Waals surface area contributed by atoms with Crippen molar-refractivity contribution >= 4 is 46.5 Å². The maximum atomic E-state index is 13.2. The molecule has 11 heteroatoms. The van der Waals surface area contributed by atoms with E-state index in [1.807, 2.05) is 6.07 Å². The number of nitrogens with zero attached hydrogens (tertiary/aromatic N) is 4. The first-order valence-electron chi connectivity index (χ1n) is 10.0. The second kappa shape index (κ2) is 7.73. The van der Waals surface area contributed by atoms with E-state index in [0.29, 0.717) is 45.6 Å². The molecular formula is C22H16Cl3N5O3. The van der Waals surface area contributed by atoms with Crippen molar-refractivity contribution in [2.45, 2.75) is 25.4 Å². The van der Waals surface area contributed by atoms with Crippen molar-refractivity contribution in [3.05, 3.63) is 72.7 Å². The summed E-state index contributed by atoms with van der Waals surface area (Å²) in [7, 11) is 0. The molecule has 2 amide bonds. The van der Waals surface area contributed by atoms with Gasteiger partial charge in [0.05, 0.1) is 28.4 Å². The summed E-state index contributed by atoms with van der Waals surface area (Å²) in [5, 5.41) is 24.0. The van der Waals surface area contributed by atoms with Gasteiger partial charge in [0, 0.05) is 22.3 Å². The molecule has 168 valence electrons. The van der Waals surface area contributed by atoms with Gasteiger partial charge in [-0.05, 0) is 49.2 Å². The number of hydrogen-bond acceptors (Lipinski definition) is 4. The number of carbonyl (C=O) groups is 1. The zero-order chi connectivity index (χ0) is 23.6. The molecule has 3 heterocycles. The predicted octanol–water partition coefficient (Wildman–Crippen LogP) is 5.02. The third-order valence-electron chi connectivity index (χ3n) is 6.15. The summed E-state index contributed by atoms with van der Waals surface area (Å²) in [6.45, 7) is 1.99. The Kier molecular flexibility index (Phi) is 5.09. The van der Waals surface area contributed by atoms with Crippen LogP contribution in [0.1, 0.15) is 35.3 Å². The Balaban J connectivity index is 1.51. The molecule has 2 aromatic carbocycles. The third-order valence-corrected chi connectivity index (χ3v) is 7.07. The monoisotopic (exact) mass is 503 g/mol. The number of amides is 2. The smallest absolute Gasteiger partial charge is 0.336 e. The summed E-state index contributed by atoms with van der Waals surface area (Å²) in [5.74, 6) is -0.250. The molecule has 3 aromatic rings. The van der Waals surface area contributed by atoms with E-state index in [1.54, 1.807) is 36.1 Å². The summed E-state index contributed by atoms with van der Waals surface area (Å²) in [6, 6.07) is 8.67. The molecule has 0 spiro atoms. The average Bonchev–Trinajstić information content (AvgIpc) is 3.41. The number of aromatic nitrogens is 2. The van der Waals surface area contributed by atoms with Gasteiger partial charge in [-0.25, -0.2) is 14.2 Å². The number of hydrogen-bond donors (Lipinski definition) is 2. The van der Waals surface area contributed by atoms with Gasteiger partial charge in [-0.3, -0.25) is 4.57 Å². The van der Waals surface area contributed by atoms with Crippen LogP contribution >= 0.6 is 34.8 Å². The number of urea groups is 1. The summed E-state index contributed by atoms with van der Waals surface area (Å²) >= 11 is 18.3. The first kappa shape index (κ1) is 21.7. The molecule has 0 aliphatic carbocycles. The van der Waals surface area contributed by atoms with Crippen molar-refractivity contribution in [3.63, 3.8) is 0 Å². The fraction of sp³-hybridized carbons (Fsp3) is 0.227. The number of imidazole rings is 1. The minimum absolute atomic E-state index is 0.219. The molecule has 2 N–H and O–H groups in total. The number of carbonyl (C=O) groups excluding carboxylic acids is 1. The van der Waals surface area contributed by atoms with Gasteiger partial charge in [-0.2, -0.15) is 5.26 Å². The summed E-state index contributed by atoms with van der Waals surface area (Å²) in [5.41, 5.74) is 1.56. The van der Waals surface area contributed by atoms with E-state index in [4.69, 9.17) is 34.8 Å². The predicted molar refractivity (Wildman–Crippen MR) is 125 cm³/mol. The van der Waals surface area contributed by atoms with Gasteiger partial charge in [0.15, 0.2) is 0 Å². The second-order valence-corrected chi connectivity index (χ2v) is 9.28. The van der Waals surface area contributed by atoms with Crippen LogP contribution in [-0.4, -0.2) is 31.7 Å². The van der Waals surface area contributed by atoms with Crippen molar-refractivity contribution in [2.75, 3.05) is 11.9 Å². The number of aromatic hydroxyl groups is 1. The normalized spacial score (nSPS) is 18.3. The molecule has 2 bridgehead atoms. The van der Waals surface area contributed by atoms with Crippen molar-refractivity contribution in [1.29, 1.82) is 5.26 Å². The lowest BCUT2D eigenvalue weighted by Crippen LogP contribution is -2.40. The van der Waals surface area contributed by atoms with Crippen LogP contribution in [0.15, 0.2) is 35.1 Å². The van der Waals surface area contributed by atoms with Crippen LogP contribution < -0.4 is 11.0 Å². The van der Waals surface area contributed by atoms with Gasteiger partial charge in [-0.15, -0.1) is 0 Å². The van der Waals surface area contributed by atoms with E-state index in [0.717, 1.165) is 0 Å². The molecule has 2 atom stereocenters. The maximum absolute atomic E-state index is 13.2. The second-order valence-electron chi connectivity index (χ2n) is 8.03. The third kappa shape index (κ3) is 3.27. The van der Waals surface area contributed by atoms with Crippen LogP contribution in [0.4, 0.5) is 10.5 Å². The number of anilines is 1. The number of likely N-dealkylation sites (tertiary alicyclic amines) is 1. The molecular weight excluding hydrogens is 489 g/mol. The molecule has 0 saturated carbocycles. The Morgan fingerprint density at radius 1 is 1.21 bits per heavy atom. The molecule has 2 aliphatic heterocycles. The van der Waals surface area contributed by atoms with Crippen molar-refractivity contribution in [1.82, 2.24) is 14.0 Å². The summed E-state index contributed by atoms with van der Waals surface area (Å²) in [6.07, 6.45) is 0.524. The molecule has 2 unspecified atom stereocenters. The highest BCUT2D eigenvalue weighted by Gasteiger charge is 2.49. The number of rotatable bonds is 2. The topological polar surface area (TPSA) is 103 Å². The van der Waals surface area contributed by atoms with Gasteiger partial charge in [0.1, 0.15) is 11.8 Å². The van der Waals surface area contributed by atoms with E-state index >= 15 is 0 Å². The fourth-order valence-corrected chi connectivity index (χ4v) is 5.44. The van der Waals surface area contributed by atoms with Gasteiger partial charge in [-0.1, -0.05) is 34.8 Å². The van der Waals surface area contributed by atoms with Gasteiger partial charge < -0.3 is 15.3 Å². The molecule has 1 fully saturated rings. The van der Waals surface area contributed by atoms with Crippen LogP contribution in [0.2, 0.25) is 15.1 Å². The molecule has 0 radical (unpaired) electrons. The average molecular weight is 505 g/mol. The lowest BCUT2D eigenvalue weighted by atomic mass is 10.1. The van der Waals surface area contributed by atoms with E-state index in [1.165, 1.54) is 15.2 Å². The van der Waals surface area contributed by atoms with Crippen molar-refractivity contribution in [2.24, 2.45) is 0 Å². The zero-order valence-electron chi connectivity index (χ0n) is 17.1. The van der Waals surface area contributed by atoms with Crippen LogP contribution in [-0.2, 0) is 0 Å². The lowest BCUT2D eigenvalue weighted by Gasteiger charge is -2.27. The SMILES string of the molecule is Cc1c(-n2c(O)c3n(c2=O)C2CC3N(C(=O)Nc3cc(Cl)cc(Cl)c3)C2)ccc(C#N)c1Cl. The van der Waals surface area contributed by atoms with E-state index < -0.39 is 11.7 Å². The Labute approximate surface area is 203 Å². The number of nitriles is 1. The van der Waals surface area contributed by atoms with E-state index in [9.17, 15) is 20.0 Å². The summed E-state index contributed by atoms with van der Waals surface area (Å²) in [4.78, 5) is 27.8. The molecule has 2 aliphatic rings. The van der Waals surface area contributed by atoms with Crippen LogP contribution in [0, 0.1) is 18.3 Å². The first-order valence-corrected chi connectivity index (χ1v) is 11.1. The summed E-state index contributed by atoms with van der Waals surface area (Å²) < 4.78 is 2.71. The van der Waals surface area contributed by atoms with Gasteiger partial charge >= 0.3 is 11.7 Å². The minimum Gasteiger partial charge on any atom is -0.493 e. The highest BCUT2D eigenvalue weighted by molar-refractivity contribution is 6.35. The number of benzene rings is 2.